The minimum absolute atomic E-state index is 0.0704. The summed E-state index contributed by atoms with van der Waals surface area (Å²) in [6, 6.07) is 4.24. The molecule has 5 nitrogen and oxygen atoms in total. The number of halogens is 1. The summed E-state index contributed by atoms with van der Waals surface area (Å²) in [5, 5.41) is 2.78. The molecule has 0 aliphatic carbocycles. The molecular weight excluding hydrogens is 302 g/mol. The molecule has 1 rings (SSSR count). The van der Waals surface area contributed by atoms with Gasteiger partial charge in [-0.25, -0.2) is 8.42 Å². The van der Waals surface area contributed by atoms with Crippen molar-refractivity contribution in [3.63, 3.8) is 0 Å². The molecule has 1 aromatic carbocycles. The second-order valence-corrected chi connectivity index (χ2v) is 7.19. The molecule has 0 aliphatic heterocycles. The summed E-state index contributed by atoms with van der Waals surface area (Å²) in [7, 11) is 3.04. The van der Waals surface area contributed by atoms with E-state index in [2.05, 4.69) is 5.32 Å². The van der Waals surface area contributed by atoms with E-state index < -0.39 is 9.05 Å². The van der Waals surface area contributed by atoms with Crippen LogP contribution in [0.15, 0.2) is 23.1 Å². The largest absolute Gasteiger partial charge is 0.385 e. The van der Waals surface area contributed by atoms with Crippen molar-refractivity contribution in [1.29, 1.82) is 0 Å². The van der Waals surface area contributed by atoms with E-state index in [1.807, 2.05) is 6.92 Å². The average molecular weight is 320 g/mol. The van der Waals surface area contributed by atoms with Gasteiger partial charge in [-0.3, -0.25) is 4.79 Å². The lowest BCUT2D eigenvalue weighted by atomic mass is 10.1. The second-order valence-electron chi connectivity index (χ2n) is 4.63. The van der Waals surface area contributed by atoms with E-state index in [0.717, 1.165) is 0 Å². The highest BCUT2D eigenvalue weighted by molar-refractivity contribution is 8.13. The zero-order chi connectivity index (χ0) is 15.3. The van der Waals surface area contributed by atoms with Gasteiger partial charge in [0.25, 0.3) is 15.0 Å². The molecule has 0 radical (unpaired) electrons. The minimum atomic E-state index is -3.85. The molecule has 112 valence electrons. The molecule has 0 saturated carbocycles. The molecule has 0 heterocycles. The number of nitrogens with one attached hydrogen (secondary N) is 1. The van der Waals surface area contributed by atoms with E-state index in [9.17, 15) is 13.2 Å². The maximum absolute atomic E-state index is 12.1. The average Bonchev–Trinajstić information content (AvgIpc) is 2.34. The molecule has 0 aliphatic rings. The van der Waals surface area contributed by atoms with E-state index in [0.29, 0.717) is 18.6 Å². The number of hydrogen-bond donors (Lipinski definition) is 1. The van der Waals surface area contributed by atoms with Gasteiger partial charge in [0, 0.05) is 36.0 Å². The van der Waals surface area contributed by atoms with Gasteiger partial charge >= 0.3 is 0 Å². The fraction of sp³-hybridized carbons (Fsp3) is 0.462. The number of amides is 1. The van der Waals surface area contributed by atoms with Gasteiger partial charge in [-0.15, -0.1) is 0 Å². The Morgan fingerprint density at radius 3 is 2.60 bits per heavy atom. The third-order valence-electron chi connectivity index (χ3n) is 2.73. The number of benzene rings is 1. The van der Waals surface area contributed by atoms with Crippen molar-refractivity contribution in [2.24, 2.45) is 0 Å². The van der Waals surface area contributed by atoms with Gasteiger partial charge in [0.1, 0.15) is 0 Å². The molecule has 1 aromatic rings. The monoisotopic (exact) mass is 319 g/mol. The van der Waals surface area contributed by atoms with Gasteiger partial charge in [-0.05, 0) is 44.0 Å². The zero-order valence-electron chi connectivity index (χ0n) is 11.6. The van der Waals surface area contributed by atoms with Crippen molar-refractivity contribution < 1.29 is 17.9 Å². The summed E-state index contributed by atoms with van der Waals surface area (Å²) >= 11 is 0. The van der Waals surface area contributed by atoms with Crippen molar-refractivity contribution >= 4 is 25.6 Å². The van der Waals surface area contributed by atoms with Crippen LogP contribution >= 0.6 is 10.7 Å². The zero-order valence-corrected chi connectivity index (χ0v) is 13.2. The molecule has 7 heteroatoms. The maximum atomic E-state index is 12.1. The molecule has 1 atom stereocenters. The number of carbonyl (C=O) groups excluding carboxylic acids is 1. The smallest absolute Gasteiger partial charge is 0.261 e. The van der Waals surface area contributed by atoms with Gasteiger partial charge in [0.2, 0.25) is 0 Å². The van der Waals surface area contributed by atoms with Crippen molar-refractivity contribution in [2.75, 3.05) is 13.7 Å². The first-order valence-corrected chi connectivity index (χ1v) is 8.41. The predicted molar refractivity (Wildman–Crippen MR) is 77.6 cm³/mol. The van der Waals surface area contributed by atoms with Crippen LogP contribution in [0, 0.1) is 6.92 Å². The SMILES string of the molecule is COCCC(C)NC(=O)c1cc(C)cc(S(=O)(=O)Cl)c1. The Morgan fingerprint density at radius 2 is 2.05 bits per heavy atom. The lowest BCUT2D eigenvalue weighted by Gasteiger charge is -2.14. The van der Waals surface area contributed by atoms with Crippen LogP contribution in [0.3, 0.4) is 0 Å². The molecule has 0 spiro atoms. The van der Waals surface area contributed by atoms with Crippen LogP contribution in [0.2, 0.25) is 0 Å². The summed E-state index contributed by atoms with van der Waals surface area (Å²) < 4.78 is 27.6. The molecule has 1 amide bonds. The van der Waals surface area contributed by atoms with Crippen LogP contribution in [0.5, 0.6) is 0 Å². The second kappa shape index (κ2) is 7.06. The molecule has 1 unspecified atom stereocenters. The van der Waals surface area contributed by atoms with E-state index in [1.54, 1.807) is 20.1 Å². The highest BCUT2D eigenvalue weighted by atomic mass is 35.7. The van der Waals surface area contributed by atoms with Crippen molar-refractivity contribution in [2.45, 2.75) is 31.2 Å². The summed E-state index contributed by atoms with van der Waals surface area (Å²) in [6.07, 6.45) is 0.675. The van der Waals surface area contributed by atoms with Crippen molar-refractivity contribution in [3.8, 4) is 0 Å². The Kier molecular flexibility index (Phi) is 5.98. The lowest BCUT2D eigenvalue weighted by Crippen LogP contribution is -2.33. The van der Waals surface area contributed by atoms with Gasteiger partial charge in [-0.1, -0.05) is 0 Å². The normalized spacial score (nSPS) is 13.0. The van der Waals surface area contributed by atoms with Crippen molar-refractivity contribution in [1.82, 2.24) is 5.32 Å². The number of methoxy groups -OCH3 is 1. The van der Waals surface area contributed by atoms with Crippen LogP contribution in [0.25, 0.3) is 0 Å². The highest BCUT2D eigenvalue weighted by Crippen LogP contribution is 2.18. The molecule has 1 N–H and O–H groups in total. The number of aryl methyl sites for hydroxylation is 1. The molecule has 0 bridgehead atoms. The molecule has 20 heavy (non-hydrogen) atoms. The number of carbonyl (C=O) groups is 1. The van der Waals surface area contributed by atoms with E-state index in [1.165, 1.54) is 12.1 Å². The first-order chi connectivity index (χ1) is 9.24. The fourth-order valence-electron chi connectivity index (χ4n) is 1.69. The lowest BCUT2D eigenvalue weighted by molar-refractivity contribution is 0.0929. The summed E-state index contributed by atoms with van der Waals surface area (Å²) in [4.78, 5) is 12.0. The summed E-state index contributed by atoms with van der Waals surface area (Å²) in [5.41, 5.74) is 0.926. The number of hydrogen-bond acceptors (Lipinski definition) is 4. The standard InChI is InChI=1S/C13H18ClNO4S/c1-9-6-11(8-12(7-9)20(14,17)18)13(16)15-10(2)4-5-19-3/h6-8,10H,4-5H2,1-3H3,(H,15,16). The van der Waals surface area contributed by atoms with Gasteiger partial charge in [-0.2, -0.15) is 0 Å². The third kappa shape index (κ3) is 5.11. The Morgan fingerprint density at radius 1 is 1.40 bits per heavy atom. The van der Waals surface area contributed by atoms with E-state index >= 15 is 0 Å². The predicted octanol–water partition coefficient (Wildman–Crippen LogP) is 2.08. The fourth-order valence-corrected chi connectivity index (χ4v) is 2.56. The molecule has 0 saturated heterocycles. The van der Waals surface area contributed by atoms with Crippen LogP contribution < -0.4 is 5.32 Å². The quantitative estimate of drug-likeness (QED) is 0.815. The van der Waals surface area contributed by atoms with Crippen LogP contribution in [0.1, 0.15) is 29.3 Å². The third-order valence-corrected chi connectivity index (χ3v) is 4.06. The Bertz CT molecular complexity index is 586. The molecular formula is C13H18ClNO4S. The van der Waals surface area contributed by atoms with Gasteiger partial charge in [0.15, 0.2) is 0 Å². The number of ether oxygens (including phenoxy) is 1. The Hall–Kier alpha value is -1.11. The van der Waals surface area contributed by atoms with Crippen LogP contribution in [0.4, 0.5) is 0 Å². The van der Waals surface area contributed by atoms with Crippen molar-refractivity contribution in [3.05, 3.63) is 29.3 Å². The maximum Gasteiger partial charge on any atom is 0.261 e. The first-order valence-electron chi connectivity index (χ1n) is 6.10. The number of rotatable bonds is 6. The Labute approximate surface area is 123 Å². The van der Waals surface area contributed by atoms with Crippen LogP contribution in [-0.4, -0.2) is 34.1 Å². The summed E-state index contributed by atoms with van der Waals surface area (Å²) in [6.45, 7) is 4.10. The van der Waals surface area contributed by atoms with Gasteiger partial charge < -0.3 is 10.1 Å². The Balaban J connectivity index is 2.91. The van der Waals surface area contributed by atoms with E-state index in [4.69, 9.17) is 15.4 Å². The summed E-state index contributed by atoms with van der Waals surface area (Å²) in [5.74, 6) is -0.334. The first kappa shape index (κ1) is 16.9. The van der Waals surface area contributed by atoms with Crippen LogP contribution in [-0.2, 0) is 13.8 Å². The topological polar surface area (TPSA) is 72.5 Å². The molecule has 0 fully saturated rings. The van der Waals surface area contributed by atoms with Gasteiger partial charge in [0.05, 0.1) is 4.90 Å². The molecule has 0 aromatic heterocycles. The highest BCUT2D eigenvalue weighted by Gasteiger charge is 2.16. The minimum Gasteiger partial charge on any atom is -0.385 e. The van der Waals surface area contributed by atoms with E-state index in [-0.39, 0.29) is 22.4 Å².